The molecule has 0 radical (unpaired) electrons. The van der Waals surface area contributed by atoms with Gasteiger partial charge in [-0.25, -0.2) is 12.1 Å². The molecular formula is C29H59F2N3SiZr. The van der Waals surface area contributed by atoms with Crippen LogP contribution in [0.5, 0.6) is 0 Å². The van der Waals surface area contributed by atoms with Gasteiger partial charge in [-0.15, -0.1) is 44.5 Å². The minimum atomic E-state index is -3.48. The third kappa shape index (κ3) is 44.2. The van der Waals surface area contributed by atoms with Gasteiger partial charge in [-0.05, 0) is 0 Å². The zero-order chi connectivity index (χ0) is 26.8. The van der Waals surface area contributed by atoms with E-state index in [1.807, 2.05) is 0 Å². The second kappa shape index (κ2) is 42.3. The number of halogens is 2. The normalized spacial score (nSPS) is 9.81. The van der Waals surface area contributed by atoms with Crippen molar-refractivity contribution in [3.63, 3.8) is 0 Å². The van der Waals surface area contributed by atoms with E-state index in [1.165, 1.54) is 89.2 Å². The van der Waals surface area contributed by atoms with Gasteiger partial charge in [-0.2, -0.15) is 12.1 Å². The first-order chi connectivity index (χ1) is 17.0. The zero-order valence-electron chi connectivity index (χ0n) is 24.7. The summed E-state index contributed by atoms with van der Waals surface area (Å²) in [6.45, 7) is 19.7. The molecule has 3 nitrogen and oxygen atoms in total. The van der Waals surface area contributed by atoms with Crippen molar-refractivity contribution in [2.75, 3.05) is 39.3 Å². The molecule has 0 aliphatic carbocycles. The van der Waals surface area contributed by atoms with Gasteiger partial charge in [0, 0.05) is 0 Å². The van der Waals surface area contributed by atoms with Crippen molar-refractivity contribution in [3.05, 3.63) is 40.2 Å². The first-order valence-corrected chi connectivity index (χ1v) is 15.9. The van der Waals surface area contributed by atoms with Crippen molar-refractivity contribution in [3.8, 4) is 0 Å². The quantitative estimate of drug-likeness (QED) is 0.0651. The van der Waals surface area contributed by atoms with Crippen molar-refractivity contribution in [2.24, 2.45) is 0 Å². The average molecular weight is 607 g/mol. The van der Waals surface area contributed by atoms with Crippen LogP contribution in [0.1, 0.15) is 119 Å². The molecule has 1 rings (SSSR count). The van der Waals surface area contributed by atoms with Crippen molar-refractivity contribution in [2.45, 2.75) is 119 Å². The van der Waals surface area contributed by atoms with Gasteiger partial charge in [0.2, 0.25) is 0 Å². The van der Waals surface area contributed by atoms with Crippen LogP contribution in [0.25, 0.3) is 16.0 Å². The molecule has 0 saturated carbocycles. The molecule has 1 aromatic rings. The molecule has 0 saturated heterocycles. The Balaban J connectivity index is -0.000000188. The molecule has 0 unspecified atom stereocenters. The first-order valence-electron chi connectivity index (χ1n) is 14.4. The Kier molecular flexibility index (Phi) is 50.8. The van der Waals surface area contributed by atoms with E-state index in [9.17, 15) is 8.22 Å². The van der Waals surface area contributed by atoms with Gasteiger partial charge >= 0.3 is 35.7 Å². The standard InChI is InChI=1S/3C8H18N.C5H5F2Si.Zr/c3*1-3-5-7-9-8-6-4-2;6-8(7)5-3-1-2-4-5;/h3*3-8H2,1-2H3;1-4,8H;/q4*-1;+4. The van der Waals surface area contributed by atoms with Gasteiger partial charge < -0.3 is 16.0 Å². The van der Waals surface area contributed by atoms with Crippen LogP contribution < -0.4 is 5.19 Å². The molecule has 212 valence electrons. The molecule has 0 heterocycles. The second-order valence-electron chi connectivity index (χ2n) is 8.65. The van der Waals surface area contributed by atoms with E-state index in [2.05, 4.69) is 57.5 Å². The molecule has 0 aliphatic rings. The number of hydrogen-bond acceptors (Lipinski definition) is 0. The topological polar surface area (TPSA) is 42.3 Å². The maximum Gasteiger partial charge on any atom is 4.00 e. The maximum absolute atomic E-state index is 11.7. The fourth-order valence-corrected chi connectivity index (χ4v) is 3.00. The van der Waals surface area contributed by atoms with Crippen molar-refractivity contribution < 1.29 is 34.4 Å². The molecule has 0 aliphatic heterocycles. The third-order valence-electron chi connectivity index (χ3n) is 4.96. The Morgan fingerprint density at radius 2 is 0.722 bits per heavy atom. The molecule has 0 amide bonds. The molecular weight excluding hydrogens is 548 g/mol. The first kappa shape index (κ1) is 43.2. The molecule has 0 N–H and O–H groups in total. The van der Waals surface area contributed by atoms with Gasteiger partial charge in [0.25, 0.3) is 0 Å². The maximum atomic E-state index is 11.7. The van der Waals surface area contributed by atoms with Crippen LogP contribution in [-0.4, -0.2) is 48.7 Å². The number of rotatable bonds is 19. The number of nitrogens with zero attached hydrogens (tertiary/aromatic N) is 3. The molecule has 0 spiro atoms. The Morgan fingerprint density at radius 1 is 0.500 bits per heavy atom. The molecule has 0 fully saturated rings. The molecule has 7 heteroatoms. The Labute approximate surface area is 246 Å². The van der Waals surface area contributed by atoms with Crippen LogP contribution in [0.4, 0.5) is 8.22 Å². The van der Waals surface area contributed by atoms with Gasteiger partial charge in [0.05, 0.1) is 0 Å². The molecule has 1 aromatic carbocycles. The summed E-state index contributed by atoms with van der Waals surface area (Å²) in [5, 5.41) is 13.3. The number of unbranched alkanes of at least 4 members (excludes halogenated alkanes) is 6. The average Bonchev–Trinajstić information content (AvgIpc) is 3.41. The van der Waals surface area contributed by atoms with Crippen LogP contribution >= 0.6 is 0 Å². The van der Waals surface area contributed by atoms with Crippen LogP contribution in [0.15, 0.2) is 24.3 Å². The summed E-state index contributed by atoms with van der Waals surface area (Å²) >= 11 is 0. The third-order valence-corrected chi connectivity index (χ3v) is 5.85. The fourth-order valence-electron chi connectivity index (χ4n) is 2.49. The minimum Gasteiger partial charge on any atom is -0.662 e. The predicted molar refractivity (Wildman–Crippen MR) is 160 cm³/mol. The smallest absolute Gasteiger partial charge is 0.662 e. The van der Waals surface area contributed by atoms with Gasteiger partial charge in [-0.3, -0.25) is 8.22 Å². The van der Waals surface area contributed by atoms with Crippen molar-refractivity contribution in [1.82, 2.24) is 0 Å². The Bertz CT molecular complexity index is 387. The molecule has 0 bridgehead atoms. The molecule has 0 aromatic heterocycles. The summed E-state index contributed by atoms with van der Waals surface area (Å²) < 4.78 is 23.5. The molecule has 36 heavy (non-hydrogen) atoms. The number of hydrogen-bond donors (Lipinski definition) is 0. The molecule has 0 atom stereocenters. The summed E-state index contributed by atoms with van der Waals surface area (Å²) in [4.78, 5) is 0. The summed E-state index contributed by atoms with van der Waals surface area (Å²) in [6, 6.07) is 6.21. The van der Waals surface area contributed by atoms with Gasteiger partial charge in [-0.1, -0.05) is 119 Å². The fraction of sp³-hybridized carbons (Fsp3) is 0.828. The minimum absolute atomic E-state index is 0. The van der Waals surface area contributed by atoms with Gasteiger partial charge in [0.15, 0.2) is 0 Å². The van der Waals surface area contributed by atoms with E-state index in [0.717, 1.165) is 39.3 Å². The van der Waals surface area contributed by atoms with Crippen molar-refractivity contribution >= 4 is 14.7 Å². The van der Waals surface area contributed by atoms with E-state index in [4.69, 9.17) is 0 Å². The second-order valence-corrected chi connectivity index (χ2v) is 9.92. The van der Waals surface area contributed by atoms with E-state index in [-0.39, 0.29) is 31.4 Å². The summed E-state index contributed by atoms with van der Waals surface area (Å²) in [6.07, 6.45) is 15.2. The monoisotopic (exact) mass is 605 g/mol. The largest absolute Gasteiger partial charge is 4.00 e. The van der Waals surface area contributed by atoms with E-state index in [0.29, 0.717) is 0 Å². The van der Waals surface area contributed by atoms with E-state index < -0.39 is 9.46 Å². The van der Waals surface area contributed by atoms with E-state index in [1.54, 1.807) is 12.1 Å². The summed E-state index contributed by atoms with van der Waals surface area (Å²) in [5.74, 6) is 0. The van der Waals surface area contributed by atoms with Crippen LogP contribution in [0, 0.1) is 0 Å². The Morgan fingerprint density at radius 3 is 0.861 bits per heavy atom. The summed E-state index contributed by atoms with van der Waals surface area (Å²) in [7, 11) is -3.48. The van der Waals surface area contributed by atoms with Crippen LogP contribution in [0.3, 0.4) is 0 Å². The van der Waals surface area contributed by atoms with Crippen LogP contribution in [0.2, 0.25) is 0 Å². The Hall–Kier alpha value is 0.190. The SMILES string of the molecule is CCCC[N-]CCCC.CCCC[N-]CCCC.CCCC[N-]CCCC.F[SiH](F)[c-]1cccc1.[Zr+4]. The van der Waals surface area contributed by atoms with E-state index >= 15 is 0 Å². The van der Waals surface area contributed by atoms with Crippen LogP contribution in [-0.2, 0) is 26.2 Å². The zero-order valence-corrected chi connectivity index (χ0v) is 28.3. The van der Waals surface area contributed by atoms with Gasteiger partial charge in [0.1, 0.15) is 0 Å². The summed E-state index contributed by atoms with van der Waals surface area (Å²) in [5.41, 5.74) is 0. The van der Waals surface area contributed by atoms with Crippen molar-refractivity contribution in [1.29, 1.82) is 0 Å². The predicted octanol–water partition coefficient (Wildman–Crippen LogP) is 9.65.